The fourth-order valence-corrected chi connectivity index (χ4v) is 3.16. The molecule has 1 aliphatic rings. The van der Waals surface area contributed by atoms with Gasteiger partial charge >= 0.3 is 0 Å². The van der Waals surface area contributed by atoms with Crippen molar-refractivity contribution >= 4 is 17.2 Å². The average molecular weight is 329 g/mol. The highest BCUT2D eigenvalue weighted by atomic mass is 32.1. The molecule has 0 spiro atoms. The van der Waals surface area contributed by atoms with Crippen LogP contribution in [0.4, 0.5) is 4.39 Å². The van der Waals surface area contributed by atoms with Crippen molar-refractivity contribution in [2.45, 2.75) is 5.92 Å². The van der Waals surface area contributed by atoms with Gasteiger partial charge in [0.15, 0.2) is 0 Å². The number of likely N-dealkylation sites (tertiary alicyclic amines) is 1. The van der Waals surface area contributed by atoms with Crippen LogP contribution in [0.2, 0.25) is 0 Å². The Balaban J connectivity index is 1.43. The van der Waals surface area contributed by atoms with Crippen LogP contribution in [0.5, 0.6) is 0 Å². The SMILES string of the molecule is O=C(c1cccc(F)c1)N1CC(c2nc(-c3cccs3)no2)C1. The Morgan fingerprint density at radius 3 is 2.91 bits per heavy atom. The molecule has 1 saturated heterocycles. The maximum atomic E-state index is 13.2. The molecule has 3 aromatic rings. The van der Waals surface area contributed by atoms with Crippen molar-refractivity contribution < 1.29 is 13.7 Å². The molecule has 0 N–H and O–H groups in total. The third kappa shape index (κ3) is 2.63. The van der Waals surface area contributed by atoms with Gasteiger partial charge in [-0.25, -0.2) is 4.39 Å². The van der Waals surface area contributed by atoms with Gasteiger partial charge in [0, 0.05) is 18.7 Å². The summed E-state index contributed by atoms with van der Waals surface area (Å²) in [6.07, 6.45) is 0. The van der Waals surface area contributed by atoms with Crippen molar-refractivity contribution in [3.8, 4) is 10.7 Å². The fourth-order valence-electron chi connectivity index (χ4n) is 2.51. The second-order valence-corrected chi connectivity index (χ2v) is 6.30. The Morgan fingerprint density at radius 1 is 1.30 bits per heavy atom. The predicted octanol–water partition coefficient (Wildman–Crippen LogP) is 3.18. The highest BCUT2D eigenvalue weighted by molar-refractivity contribution is 7.13. The molecule has 0 saturated carbocycles. The number of rotatable bonds is 3. The zero-order valence-electron chi connectivity index (χ0n) is 12.0. The molecule has 116 valence electrons. The monoisotopic (exact) mass is 329 g/mol. The summed E-state index contributed by atoms with van der Waals surface area (Å²) >= 11 is 1.55. The van der Waals surface area contributed by atoms with Gasteiger partial charge in [-0.3, -0.25) is 4.79 Å². The van der Waals surface area contributed by atoms with Crippen LogP contribution >= 0.6 is 11.3 Å². The Bertz CT molecular complexity index is 841. The molecule has 0 atom stereocenters. The first-order valence-corrected chi connectivity index (χ1v) is 8.01. The largest absolute Gasteiger partial charge is 0.339 e. The minimum atomic E-state index is -0.412. The molecule has 2 aromatic heterocycles. The number of hydrogen-bond donors (Lipinski definition) is 0. The Morgan fingerprint density at radius 2 is 2.17 bits per heavy atom. The summed E-state index contributed by atoms with van der Waals surface area (Å²) in [6, 6.07) is 9.57. The first-order valence-electron chi connectivity index (χ1n) is 7.13. The molecule has 7 heteroatoms. The highest BCUT2D eigenvalue weighted by Gasteiger charge is 2.36. The first-order chi connectivity index (χ1) is 11.2. The second-order valence-electron chi connectivity index (χ2n) is 5.35. The summed E-state index contributed by atoms with van der Waals surface area (Å²) in [5.41, 5.74) is 0.355. The van der Waals surface area contributed by atoms with E-state index in [4.69, 9.17) is 4.52 Å². The third-order valence-corrected chi connectivity index (χ3v) is 4.64. The number of carbonyl (C=O) groups excluding carboxylic acids is 1. The number of nitrogens with zero attached hydrogens (tertiary/aromatic N) is 3. The number of halogens is 1. The molecule has 5 nitrogen and oxygen atoms in total. The van der Waals surface area contributed by atoms with Crippen LogP contribution in [0, 0.1) is 5.82 Å². The lowest BCUT2D eigenvalue weighted by atomic mass is 9.99. The van der Waals surface area contributed by atoms with Crippen molar-refractivity contribution in [2.24, 2.45) is 0 Å². The molecular weight excluding hydrogens is 317 g/mol. The number of thiophene rings is 1. The minimum Gasteiger partial charge on any atom is -0.339 e. The summed E-state index contributed by atoms with van der Waals surface area (Å²) in [7, 11) is 0. The van der Waals surface area contributed by atoms with E-state index in [1.54, 1.807) is 22.3 Å². The van der Waals surface area contributed by atoms with Gasteiger partial charge in [0.2, 0.25) is 11.7 Å². The summed E-state index contributed by atoms with van der Waals surface area (Å²) in [4.78, 5) is 19.2. The molecule has 1 amide bonds. The van der Waals surface area contributed by atoms with E-state index in [1.807, 2.05) is 17.5 Å². The fraction of sp³-hybridized carbons (Fsp3) is 0.188. The van der Waals surface area contributed by atoms with E-state index in [-0.39, 0.29) is 11.8 Å². The molecule has 3 heterocycles. The summed E-state index contributed by atoms with van der Waals surface area (Å²) in [5, 5.41) is 5.92. The molecule has 4 rings (SSSR count). The van der Waals surface area contributed by atoms with Gasteiger partial charge in [-0.15, -0.1) is 11.3 Å². The molecule has 1 aliphatic heterocycles. The minimum absolute atomic E-state index is 0.0359. The molecule has 23 heavy (non-hydrogen) atoms. The molecular formula is C16H12FN3O2S. The molecule has 0 bridgehead atoms. The summed E-state index contributed by atoms with van der Waals surface area (Å²) in [5.74, 6) is 0.555. The van der Waals surface area contributed by atoms with E-state index >= 15 is 0 Å². The zero-order chi connectivity index (χ0) is 15.8. The molecule has 0 aliphatic carbocycles. The zero-order valence-corrected chi connectivity index (χ0v) is 12.8. The number of benzene rings is 1. The molecule has 1 aromatic carbocycles. The van der Waals surface area contributed by atoms with Crippen molar-refractivity contribution in [1.29, 1.82) is 0 Å². The third-order valence-electron chi connectivity index (χ3n) is 3.77. The number of hydrogen-bond acceptors (Lipinski definition) is 5. The smallest absolute Gasteiger partial charge is 0.254 e. The molecule has 0 unspecified atom stereocenters. The van der Waals surface area contributed by atoms with Crippen LogP contribution in [0.25, 0.3) is 10.7 Å². The van der Waals surface area contributed by atoms with Crippen molar-refractivity contribution in [2.75, 3.05) is 13.1 Å². The van der Waals surface area contributed by atoms with Crippen molar-refractivity contribution in [3.05, 3.63) is 59.0 Å². The average Bonchev–Trinajstić information content (AvgIpc) is 3.16. The van der Waals surface area contributed by atoms with Crippen LogP contribution in [-0.4, -0.2) is 34.0 Å². The lowest BCUT2D eigenvalue weighted by Gasteiger charge is -2.37. The Hall–Kier alpha value is -2.54. The summed E-state index contributed by atoms with van der Waals surface area (Å²) in [6.45, 7) is 1.00. The summed E-state index contributed by atoms with van der Waals surface area (Å²) < 4.78 is 18.5. The Labute approximate surface area is 135 Å². The van der Waals surface area contributed by atoms with Gasteiger partial charge in [0.25, 0.3) is 5.91 Å². The van der Waals surface area contributed by atoms with Crippen LogP contribution in [0.3, 0.4) is 0 Å². The lowest BCUT2D eigenvalue weighted by molar-refractivity contribution is 0.0568. The van der Waals surface area contributed by atoms with Crippen LogP contribution < -0.4 is 0 Å². The van der Waals surface area contributed by atoms with E-state index in [0.717, 1.165) is 4.88 Å². The normalized spacial score (nSPS) is 14.7. The van der Waals surface area contributed by atoms with Gasteiger partial charge in [0.05, 0.1) is 10.8 Å². The van der Waals surface area contributed by atoms with E-state index in [2.05, 4.69) is 10.1 Å². The molecule has 1 fully saturated rings. The van der Waals surface area contributed by atoms with Gasteiger partial charge < -0.3 is 9.42 Å². The maximum Gasteiger partial charge on any atom is 0.254 e. The predicted molar refractivity (Wildman–Crippen MR) is 82.7 cm³/mol. The van der Waals surface area contributed by atoms with E-state index < -0.39 is 5.82 Å². The number of amides is 1. The van der Waals surface area contributed by atoms with Gasteiger partial charge in [-0.2, -0.15) is 4.98 Å². The van der Waals surface area contributed by atoms with E-state index in [1.165, 1.54) is 18.2 Å². The first kappa shape index (κ1) is 14.1. The quantitative estimate of drug-likeness (QED) is 0.740. The topological polar surface area (TPSA) is 59.2 Å². The maximum absolute atomic E-state index is 13.2. The number of aromatic nitrogens is 2. The van der Waals surface area contributed by atoms with Crippen LogP contribution in [0.1, 0.15) is 22.2 Å². The van der Waals surface area contributed by atoms with Crippen LogP contribution in [-0.2, 0) is 0 Å². The van der Waals surface area contributed by atoms with Crippen molar-refractivity contribution in [3.63, 3.8) is 0 Å². The van der Waals surface area contributed by atoms with Gasteiger partial charge in [-0.05, 0) is 29.6 Å². The van der Waals surface area contributed by atoms with Gasteiger partial charge in [0.1, 0.15) is 5.82 Å². The van der Waals surface area contributed by atoms with E-state index in [0.29, 0.717) is 30.4 Å². The second kappa shape index (κ2) is 5.58. The van der Waals surface area contributed by atoms with Crippen LogP contribution in [0.15, 0.2) is 46.3 Å². The lowest BCUT2D eigenvalue weighted by Crippen LogP contribution is -2.48. The van der Waals surface area contributed by atoms with E-state index in [9.17, 15) is 9.18 Å². The Kier molecular flexibility index (Phi) is 3.42. The number of carbonyl (C=O) groups is 1. The van der Waals surface area contributed by atoms with Gasteiger partial charge in [-0.1, -0.05) is 17.3 Å². The standard InChI is InChI=1S/C16H12FN3O2S/c17-12-4-1-3-10(7-12)16(21)20-8-11(9-20)15-18-14(19-22-15)13-5-2-6-23-13/h1-7,11H,8-9H2. The highest BCUT2D eigenvalue weighted by Crippen LogP contribution is 2.29. The van der Waals surface area contributed by atoms with Crippen molar-refractivity contribution in [1.82, 2.24) is 15.0 Å². The molecule has 0 radical (unpaired) electrons.